The SMILES string of the molecule is CCCOc1c(OCc2ccccc2)cc(CCCCc2cc(OC)c(OC)c(OC)c2)cc1S(C)(=O)=O. The summed E-state index contributed by atoms with van der Waals surface area (Å²) in [7, 11) is 1.26. The Labute approximate surface area is 226 Å². The predicted molar refractivity (Wildman–Crippen MR) is 149 cm³/mol. The minimum Gasteiger partial charge on any atom is -0.493 e. The summed E-state index contributed by atoms with van der Waals surface area (Å²) in [6.07, 6.45) is 5.21. The first kappa shape index (κ1) is 29.2. The van der Waals surface area contributed by atoms with Gasteiger partial charge in [0.15, 0.2) is 32.8 Å². The van der Waals surface area contributed by atoms with Crippen LogP contribution in [0, 0.1) is 0 Å². The Morgan fingerprint density at radius 3 is 1.79 bits per heavy atom. The Hall–Kier alpha value is -3.39. The lowest BCUT2D eigenvalue weighted by atomic mass is 10.0. The molecule has 7 nitrogen and oxygen atoms in total. The number of aryl methyl sites for hydroxylation is 2. The third-order valence-corrected chi connectivity index (χ3v) is 7.18. The van der Waals surface area contributed by atoms with Gasteiger partial charge in [-0.3, -0.25) is 0 Å². The smallest absolute Gasteiger partial charge is 0.203 e. The highest BCUT2D eigenvalue weighted by molar-refractivity contribution is 7.90. The fourth-order valence-electron chi connectivity index (χ4n) is 4.18. The fourth-order valence-corrected chi connectivity index (χ4v) is 5.04. The molecule has 0 radical (unpaired) electrons. The number of ether oxygens (including phenoxy) is 5. The first-order valence-electron chi connectivity index (χ1n) is 12.8. The van der Waals surface area contributed by atoms with E-state index in [2.05, 4.69) is 0 Å². The van der Waals surface area contributed by atoms with Crippen LogP contribution in [0.15, 0.2) is 59.5 Å². The summed E-state index contributed by atoms with van der Waals surface area (Å²) in [5, 5.41) is 0. The molecular formula is C30H38O7S. The van der Waals surface area contributed by atoms with Crippen molar-refractivity contribution in [1.82, 2.24) is 0 Å². The van der Waals surface area contributed by atoms with Gasteiger partial charge in [0.05, 0.1) is 27.9 Å². The van der Waals surface area contributed by atoms with Gasteiger partial charge in [-0.25, -0.2) is 8.42 Å². The molecule has 0 atom stereocenters. The summed E-state index contributed by atoms with van der Waals surface area (Å²) in [4.78, 5) is 0.163. The largest absolute Gasteiger partial charge is 0.493 e. The third kappa shape index (κ3) is 7.81. The van der Waals surface area contributed by atoms with E-state index in [-0.39, 0.29) is 10.6 Å². The summed E-state index contributed by atoms with van der Waals surface area (Å²) in [5.41, 5.74) is 2.96. The highest BCUT2D eigenvalue weighted by atomic mass is 32.2. The zero-order chi connectivity index (χ0) is 27.5. The van der Waals surface area contributed by atoms with Gasteiger partial charge >= 0.3 is 0 Å². The van der Waals surface area contributed by atoms with E-state index < -0.39 is 9.84 Å². The van der Waals surface area contributed by atoms with Crippen LogP contribution in [0.5, 0.6) is 28.7 Å². The van der Waals surface area contributed by atoms with Crippen LogP contribution in [0.2, 0.25) is 0 Å². The molecule has 0 saturated carbocycles. The van der Waals surface area contributed by atoms with Crippen molar-refractivity contribution in [3.05, 3.63) is 71.3 Å². The highest BCUT2D eigenvalue weighted by Crippen LogP contribution is 2.39. The second-order valence-corrected chi connectivity index (χ2v) is 11.0. The molecule has 0 N–H and O–H groups in total. The second kappa shape index (κ2) is 14.0. The molecule has 0 aromatic heterocycles. The van der Waals surface area contributed by atoms with Gasteiger partial charge in [-0.1, -0.05) is 37.3 Å². The number of hydrogen-bond donors (Lipinski definition) is 0. The Kier molecular flexibility index (Phi) is 10.7. The first-order chi connectivity index (χ1) is 18.3. The van der Waals surface area contributed by atoms with E-state index in [9.17, 15) is 8.42 Å². The molecule has 0 bridgehead atoms. The summed E-state index contributed by atoms with van der Waals surface area (Å²) >= 11 is 0. The molecule has 0 saturated heterocycles. The predicted octanol–water partition coefficient (Wildman–Crippen LogP) is 6.05. The van der Waals surface area contributed by atoms with Crippen LogP contribution in [-0.2, 0) is 29.3 Å². The maximum atomic E-state index is 12.7. The van der Waals surface area contributed by atoms with Gasteiger partial charge < -0.3 is 23.7 Å². The van der Waals surface area contributed by atoms with Gasteiger partial charge in [0.2, 0.25) is 5.75 Å². The van der Waals surface area contributed by atoms with Crippen LogP contribution < -0.4 is 23.7 Å². The van der Waals surface area contributed by atoms with Crippen molar-refractivity contribution in [1.29, 1.82) is 0 Å². The molecule has 0 fully saturated rings. The number of rotatable bonds is 15. The molecule has 0 aliphatic heterocycles. The van der Waals surface area contributed by atoms with Crippen LogP contribution >= 0.6 is 0 Å². The molecule has 0 heterocycles. The lowest BCUT2D eigenvalue weighted by Crippen LogP contribution is -2.08. The van der Waals surface area contributed by atoms with Crippen LogP contribution in [-0.4, -0.2) is 42.6 Å². The van der Waals surface area contributed by atoms with Crippen LogP contribution in [0.25, 0.3) is 0 Å². The van der Waals surface area contributed by atoms with Crippen molar-refractivity contribution < 1.29 is 32.1 Å². The number of sulfone groups is 1. The van der Waals surface area contributed by atoms with E-state index in [1.165, 1.54) is 6.26 Å². The van der Waals surface area contributed by atoms with Crippen molar-refractivity contribution in [2.24, 2.45) is 0 Å². The molecule has 3 aromatic carbocycles. The number of unbranched alkanes of at least 4 members (excludes halogenated alkanes) is 1. The van der Waals surface area contributed by atoms with Crippen LogP contribution in [0.4, 0.5) is 0 Å². The van der Waals surface area contributed by atoms with Crippen LogP contribution in [0.3, 0.4) is 0 Å². The van der Waals surface area contributed by atoms with E-state index in [0.29, 0.717) is 42.6 Å². The number of benzene rings is 3. The average Bonchev–Trinajstić information content (AvgIpc) is 2.92. The van der Waals surface area contributed by atoms with Crippen molar-refractivity contribution in [3.8, 4) is 28.7 Å². The van der Waals surface area contributed by atoms with Crippen molar-refractivity contribution in [3.63, 3.8) is 0 Å². The van der Waals surface area contributed by atoms with Gasteiger partial charge in [0.1, 0.15) is 11.5 Å². The summed E-state index contributed by atoms with van der Waals surface area (Å²) in [6.45, 7) is 2.70. The Morgan fingerprint density at radius 1 is 0.684 bits per heavy atom. The molecule has 0 aliphatic carbocycles. The third-order valence-electron chi connectivity index (χ3n) is 6.07. The van der Waals surface area contributed by atoms with Gasteiger partial charge in [-0.05, 0) is 73.1 Å². The quantitative estimate of drug-likeness (QED) is 0.216. The summed E-state index contributed by atoms with van der Waals surface area (Å²) < 4.78 is 53.8. The van der Waals surface area contributed by atoms with E-state index in [1.54, 1.807) is 27.4 Å². The maximum absolute atomic E-state index is 12.7. The van der Waals surface area contributed by atoms with E-state index in [0.717, 1.165) is 42.4 Å². The van der Waals surface area contributed by atoms with Gasteiger partial charge in [0.25, 0.3) is 0 Å². The lowest BCUT2D eigenvalue weighted by molar-refractivity contribution is 0.256. The molecule has 206 valence electrons. The topological polar surface area (TPSA) is 80.3 Å². The monoisotopic (exact) mass is 542 g/mol. The Bertz CT molecular complexity index is 1260. The fraction of sp³-hybridized carbons (Fsp3) is 0.400. The zero-order valence-corrected chi connectivity index (χ0v) is 23.7. The molecule has 0 spiro atoms. The number of methoxy groups -OCH3 is 3. The van der Waals surface area contributed by atoms with E-state index in [4.69, 9.17) is 23.7 Å². The standard InChI is InChI=1S/C30H38O7S/c1-6-16-36-30-27(37-21-22-12-8-7-9-13-22)19-24(20-28(30)38(5,31)32)15-11-10-14-23-17-25(33-2)29(35-4)26(18-23)34-3/h7-9,12-13,17-20H,6,10-11,14-16,21H2,1-5H3. The molecular weight excluding hydrogens is 504 g/mol. The lowest BCUT2D eigenvalue weighted by Gasteiger charge is -2.18. The van der Waals surface area contributed by atoms with Gasteiger partial charge in [0, 0.05) is 6.26 Å². The zero-order valence-electron chi connectivity index (χ0n) is 22.9. The molecule has 0 amide bonds. The maximum Gasteiger partial charge on any atom is 0.203 e. The minimum atomic E-state index is -3.53. The van der Waals surface area contributed by atoms with Crippen molar-refractivity contribution in [2.45, 2.75) is 50.5 Å². The van der Waals surface area contributed by atoms with E-state index in [1.807, 2.05) is 55.5 Å². The molecule has 3 aromatic rings. The van der Waals surface area contributed by atoms with Gasteiger partial charge in [-0.15, -0.1) is 0 Å². The molecule has 0 aliphatic rings. The average molecular weight is 543 g/mol. The van der Waals surface area contributed by atoms with Crippen LogP contribution in [0.1, 0.15) is 42.9 Å². The summed E-state index contributed by atoms with van der Waals surface area (Å²) in [6, 6.07) is 17.3. The van der Waals surface area contributed by atoms with Gasteiger partial charge in [-0.2, -0.15) is 0 Å². The first-order valence-corrected chi connectivity index (χ1v) is 14.6. The Morgan fingerprint density at radius 2 is 1.26 bits per heavy atom. The second-order valence-electron chi connectivity index (χ2n) is 9.06. The molecule has 38 heavy (non-hydrogen) atoms. The van der Waals surface area contributed by atoms with E-state index >= 15 is 0 Å². The van der Waals surface area contributed by atoms with Crippen molar-refractivity contribution in [2.75, 3.05) is 34.2 Å². The molecule has 8 heteroatoms. The normalized spacial score (nSPS) is 11.2. The highest BCUT2D eigenvalue weighted by Gasteiger charge is 2.21. The number of hydrogen-bond acceptors (Lipinski definition) is 7. The Balaban J connectivity index is 1.79. The minimum absolute atomic E-state index is 0.163. The summed E-state index contributed by atoms with van der Waals surface area (Å²) in [5.74, 6) is 2.56. The molecule has 0 unspecified atom stereocenters. The van der Waals surface area contributed by atoms with Crippen molar-refractivity contribution >= 4 is 9.84 Å². The molecule has 3 rings (SSSR count).